The third kappa shape index (κ3) is 6.37. The van der Waals surface area contributed by atoms with Gasteiger partial charge in [0.2, 0.25) is 11.0 Å². The van der Waals surface area contributed by atoms with Crippen molar-refractivity contribution in [2.45, 2.75) is 39.7 Å². The molecule has 106 valence electrons. The highest BCUT2D eigenvalue weighted by atomic mass is 32.2. The molecule has 0 spiro atoms. The summed E-state index contributed by atoms with van der Waals surface area (Å²) in [6.07, 6.45) is -0.0876. The first-order valence-corrected chi connectivity index (χ1v) is 7.06. The molecule has 6 heteroatoms. The molecule has 0 bridgehead atoms. The topological polar surface area (TPSA) is 86.6 Å². The minimum atomic E-state index is -1.22. The Hall–Kier alpha value is -0.590. The lowest BCUT2D eigenvalue weighted by atomic mass is 9.88. The predicted octanol–water partition coefficient (Wildman–Crippen LogP) is 0.542. The number of carbonyl (C=O) groups excluding carboxylic acids is 2. The van der Waals surface area contributed by atoms with Crippen LogP contribution in [0.15, 0.2) is 0 Å². The number of nitrogens with one attached hydrogen (secondary N) is 1. The van der Waals surface area contributed by atoms with Gasteiger partial charge in [0, 0.05) is 24.1 Å². The molecule has 1 atom stereocenters. The van der Waals surface area contributed by atoms with Gasteiger partial charge in [-0.25, -0.2) is 0 Å². The summed E-state index contributed by atoms with van der Waals surface area (Å²) >= 11 is 0.928. The first-order valence-electron chi connectivity index (χ1n) is 6.07. The molecule has 0 saturated heterocycles. The Morgan fingerprint density at radius 2 is 2.00 bits per heavy atom. The normalized spacial score (nSPS) is 13.2. The van der Waals surface area contributed by atoms with E-state index in [-0.39, 0.29) is 18.9 Å². The van der Waals surface area contributed by atoms with E-state index in [1.165, 1.54) is 0 Å². The maximum atomic E-state index is 11.6. The van der Waals surface area contributed by atoms with Crippen LogP contribution in [0.5, 0.6) is 0 Å². The number of amides is 1. The Morgan fingerprint density at radius 3 is 2.50 bits per heavy atom. The van der Waals surface area contributed by atoms with E-state index < -0.39 is 16.6 Å². The standard InChI is InChI=1S/C12H23NO4S/c1-4-6-13-9(15)5-7-18-11(17)10(16)12(2,3)8-14/h10,14,16H,4-8H2,1-3H3,(H,13,15). The van der Waals surface area contributed by atoms with Crippen LogP contribution in [0.3, 0.4) is 0 Å². The van der Waals surface area contributed by atoms with Crippen LogP contribution in [0.1, 0.15) is 33.6 Å². The lowest BCUT2D eigenvalue weighted by Crippen LogP contribution is -2.38. The van der Waals surface area contributed by atoms with Gasteiger partial charge in [-0.05, 0) is 6.42 Å². The summed E-state index contributed by atoms with van der Waals surface area (Å²) in [7, 11) is 0. The van der Waals surface area contributed by atoms with Gasteiger partial charge in [-0.15, -0.1) is 0 Å². The Balaban J connectivity index is 3.94. The van der Waals surface area contributed by atoms with Crippen LogP contribution in [0.2, 0.25) is 0 Å². The first-order chi connectivity index (χ1) is 8.35. The van der Waals surface area contributed by atoms with Crippen LogP contribution in [0, 0.1) is 5.41 Å². The molecule has 0 heterocycles. The predicted molar refractivity (Wildman–Crippen MR) is 72.3 cm³/mol. The number of aliphatic hydroxyl groups is 2. The minimum Gasteiger partial charge on any atom is -0.396 e. The molecule has 3 N–H and O–H groups in total. The van der Waals surface area contributed by atoms with Crippen LogP contribution in [0.25, 0.3) is 0 Å². The fraction of sp³-hybridized carbons (Fsp3) is 0.833. The molecular formula is C12H23NO4S. The second kappa shape index (κ2) is 8.50. The van der Waals surface area contributed by atoms with Gasteiger partial charge in [0.25, 0.3) is 0 Å². The molecule has 18 heavy (non-hydrogen) atoms. The van der Waals surface area contributed by atoms with Gasteiger partial charge in [-0.3, -0.25) is 9.59 Å². The van der Waals surface area contributed by atoms with Gasteiger partial charge in [0.05, 0.1) is 6.61 Å². The summed E-state index contributed by atoms with van der Waals surface area (Å²) in [5.74, 6) is 0.250. The van der Waals surface area contributed by atoms with E-state index in [0.29, 0.717) is 12.3 Å². The van der Waals surface area contributed by atoms with Crippen molar-refractivity contribution in [3.05, 3.63) is 0 Å². The van der Waals surface area contributed by atoms with E-state index in [1.54, 1.807) is 13.8 Å². The fourth-order valence-electron chi connectivity index (χ4n) is 1.08. The van der Waals surface area contributed by atoms with E-state index >= 15 is 0 Å². The molecule has 0 aliphatic carbocycles. The molecule has 0 aromatic carbocycles. The quantitative estimate of drug-likeness (QED) is 0.603. The Morgan fingerprint density at radius 1 is 1.39 bits per heavy atom. The van der Waals surface area contributed by atoms with Crippen molar-refractivity contribution in [2.24, 2.45) is 5.41 Å². The fourth-order valence-corrected chi connectivity index (χ4v) is 2.05. The Bertz CT molecular complexity index is 281. The number of thioether (sulfide) groups is 1. The zero-order valence-corrected chi connectivity index (χ0v) is 12.0. The molecule has 0 radical (unpaired) electrons. The largest absolute Gasteiger partial charge is 0.396 e. The molecule has 0 fully saturated rings. The zero-order chi connectivity index (χ0) is 14.2. The summed E-state index contributed by atoms with van der Waals surface area (Å²) in [4.78, 5) is 22.9. The van der Waals surface area contributed by atoms with Crippen LogP contribution in [0.4, 0.5) is 0 Å². The second-order valence-electron chi connectivity index (χ2n) is 4.82. The highest BCUT2D eigenvalue weighted by Crippen LogP contribution is 2.24. The van der Waals surface area contributed by atoms with Crippen molar-refractivity contribution < 1.29 is 19.8 Å². The number of carbonyl (C=O) groups is 2. The Labute approximate surface area is 112 Å². The molecule has 0 rings (SSSR count). The van der Waals surface area contributed by atoms with Crippen molar-refractivity contribution in [3.63, 3.8) is 0 Å². The number of hydrogen-bond donors (Lipinski definition) is 3. The summed E-state index contributed by atoms with van der Waals surface area (Å²) in [5.41, 5.74) is -0.853. The molecule has 1 unspecified atom stereocenters. The van der Waals surface area contributed by atoms with Crippen LogP contribution < -0.4 is 5.32 Å². The molecule has 0 aliphatic heterocycles. The van der Waals surface area contributed by atoms with Gasteiger partial charge in [-0.1, -0.05) is 32.5 Å². The number of hydrogen-bond acceptors (Lipinski definition) is 5. The van der Waals surface area contributed by atoms with Crippen molar-refractivity contribution >= 4 is 22.8 Å². The second-order valence-corrected chi connectivity index (χ2v) is 5.92. The lowest BCUT2D eigenvalue weighted by molar-refractivity contribution is -0.125. The maximum Gasteiger partial charge on any atom is 0.220 e. The van der Waals surface area contributed by atoms with Gasteiger partial charge < -0.3 is 15.5 Å². The number of rotatable bonds is 8. The van der Waals surface area contributed by atoms with E-state index in [9.17, 15) is 14.7 Å². The highest BCUT2D eigenvalue weighted by molar-refractivity contribution is 8.13. The lowest BCUT2D eigenvalue weighted by Gasteiger charge is -2.26. The molecule has 5 nitrogen and oxygen atoms in total. The molecule has 0 aromatic heterocycles. The van der Waals surface area contributed by atoms with Gasteiger partial charge in [0.1, 0.15) is 6.10 Å². The average Bonchev–Trinajstić information content (AvgIpc) is 2.35. The van der Waals surface area contributed by atoms with E-state index in [0.717, 1.165) is 18.2 Å². The monoisotopic (exact) mass is 277 g/mol. The third-order valence-corrected chi connectivity index (χ3v) is 3.43. The van der Waals surface area contributed by atoms with E-state index in [2.05, 4.69) is 5.32 Å². The minimum absolute atomic E-state index is 0.0898. The van der Waals surface area contributed by atoms with Crippen molar-refractivity contribution in [1.82, 2.24) is 5.32 Å². The van der Waals surface area contributed by atoms with Crippen LogP contribution in [-0.4, -0.2) is 46.2 Å². The van der Waals surface area contributed by atoms with E-state index in [1.807, 2.05) is 6.92 Å². The average molecular weight is 277 g/mol. The number of aliphatic hydroxyl groups excluding tert-OH is 2. The van der Waals surface area contributed by atoms with Gasteiger partial charge in [-0.2, -0.15) is 0 Å². The summed E-state index contributed by atoms with van der Waals surface area (Å²) in [5, 5.41) is 21.1. The molecule has 0 saturated carbocycles. The summed E-state index contributed by atoms with van der Waals surface area (Å²) in [6, 6.07) is 0. The van der Waals surface area contributed by atoms with Crippen molar-refractivity contribution in [2.75, 3.05) is 18.9 Å². The van der Waals surface area contributed by atoms with Crippen LogP contribution in [-0.2, 0) is 9.59 Å². The van der Waals surface area contributed by atoms with E-state index in [4.69, 9.17) is 5.11 Å². The van der Waals surface area contributed by atoms with Crippen LogP contribution >= 0.6 is 11.8 Å². The SMILES string of the molecule is CCCNC(=O)CCSC(=O)C(O)C(C)(C)CO. The maximum absolute atomic E-state index is 11.6. The zero-order valence-electron chi connectivity index (χ0n) is 11.2. The summed E-state index contributed by atoms with van der Waals surface area (Å²) in [6.45, 7) is 5.56. The molecule has 1 amide bonds. The van der Waals surface area contributed by atoms with Gasteiger partial charge in [0.15, 0.2) is 0 Å². The van der Waals surface area contributed by atoms with Crippen molar-refractivity contribution in [3.8, 4) is 0 Å². The smallest absolute Gasteiger partial charge is 0.220 e. The molecular weight excluding hydrogens is 254 g/mol. The Kier molecular flexibility index (Phi) is 8.22. The van der Waals surface area contributed by atoms with Gasteiger partial charge >= 0.3 is 0 Å². The molecule has 0 aliphatic rings. The molecule has 0 aromatic rings. The van der Waals surface area contributed by atoms with Crippen molar-refractivity contribution in [1.29, 1.82) is 0 Å². The first kappa shape index (κ1) is 17.4. The highest BCUT2D eigenvalue weighted by Gasteiger charge is 2.32. The third-order valence-electron chi connectivity index (χ3n) is 2.52. The summed E-state index contributed by atoms with van der Waals surface area (Å²) < 4.78 is 0.